The lowest BCUT2D eigenvalue weighted by atomic mass is 9.77. The first-order valence-corrected chi connectivity index (χ1v) is 10.7. The molecule has 1 aromatic carbocycles. The molecule has 2 aromatic heterocycles. The molecular weight excluding hydrogens is 379 g/mol. The number of benzene rings is 1. The van der Waals surface area contributed by atoms with Crippen LogP contribution >= 0.6 is 0 Å². The maximum atomic E-state index is 14.1. The van der Waals surface area contributed by atoms with Crippen LogP contribution in [0.25, 0.3) is 0 Å². The van der Waals surface area contributed by atoms with Gasteiger partial charge in [-0.25, -0.2) is 14.4 Å². The summed E-state index contributed by atoms with van der Waals surface area (Å²) < 4.78 is 22.8. The predicted molar refractivity (Wildman–Crippen MR) is 113 cm³/mol. The molecule has 5 nitrogen and oxygen atoms in total. The predicted octanol–water partition coefficient (Wildman–Crippen LogP) is 4.26. The van der Waals surface area contributed by atoms with Gasteiger partial charge >= 0.3 is 0 Å². The quantitative estimate of drug-likeness (QED) is 0.635. The van der Waals surface area contributed by atoms with E-state index >= 15 is 0 Å². The molecule has 3 aromatic rings. The van der Waals surface area contributed by atoms with Crippen molar-refractivity contribution in [3.05, 3.63) is 78.3 Å². The second kappa shape index (κ2) is 8.19. The standard InChI is InChI=1S/C24H27FN4O/c1-17-26-10-11-29(17)22-12-19-15-28(14-18-6-2-3-7-21(18)25)16-20(19)13-23(22)30-24-8-4-5-9-27-24/h2-11,19-20,22-23H,12-16H2,1H3/t19-,20+,22-,23-/m0/s1. The monoisotopic (exact) mass is 406 g/mol. The fourth-order valence-corrected chi connectivity index (χ4v) is 5.21. The molecule has 0 bridgehead atoms. The molecule has 2 fully saturated rings. The van der Waals surface area contributed by atoms with E-state index in [1.807, 2.05) is 43.5 Å². The Bertz CT molecular complexity index is 992. The summed E-state index contributed by atoms with van der Waals surface area (Å²) in [4.78, 5) is 11.2. The lowest BCUT2D eigenvalue weighted by Gasteiger charge is -2.38. The molecule has 30 heavy (non-hydrogen) atoms. The van der Waals surface area contributed by atoms with E-state index < -0.39 is 0 Å². The zero-order chi connectivity index (χ0) is 20.5. The van der Waals surface area contributed by atoms with Gasteiger partial charge in [0.05, 0.1) is 6.04 Å². The van der Waals surface area contributed by atoms with E-state index in [2.05, 4.69) is 25.6 Å². The van der Waals surface area contributed by atoms with Crippen LogP contribution in [0, 0.1) is 24.6 Å². The van der Waals surface area contributed by atoms with Gasteiger partial charge in [0.15, 0.2) is 0 Å². The molecule has 1 saturated carbocycles. The van der Waals surface area contributed by atoms with Gasteiger partial charge in [-0.15, -0.1) is 0 Å². The first-order chi connectivity index (χ1) is 14.7. The molecule has 0 unspecified atom stereocenters. The lowest BCUT2D eigenvalue weighted by molar-refractivity contribution is 0.0504. The third kappa shape index (κ3) is 3.84. The number of imidazole rings is 1. The number of fused-ring (bicyclic) bond motifs is 1. The summed E-state index contributed by atoms with van der Waals surface area (Å²) in [5.41, 5.74) is 0.777. The number of hydrogen-bond acceptors (Lipinski definition) is 4. The van der Waals surface area contributed by atoms with Crippen molar-refractivity contribution in [3.8, 4) is 5.88 Å². The van der Waals surface area contributed by atoms with Crippen molar-refractivity contribution in [2.45, 2.75) is 38.5 Å². The van der Waals surface area contributed by atoms with Gasteiger partial charge in [0.1, 0.15) is 17.7 Å². The van der Waals surface area contributed by atoms with E-state index in [9.17, 15) is 4.39 Å². The first-order valence-electron chi connectivity index (χ1n) is 10.7. The van der Waals surface area contributed by atoms with Crippen LogP contribution in [0.5, 0.6) is 5.88 Å². The Morgan fingerprint density at radius 1 is 1.00 bits per heavy atom. The van der Waals surface area contributed by atoms with Gasteiger partial charge in [-0.3, -0.25) is 4.90 Å². The van der Waals surface area contributed by atoms with E-state index in [-0.39, 0.29) is 18.0 Å². The normalized spacial score (nSPS) is 26.5. The third-order valence-electron chi connectivity index (χ3n) is 6.64. The van der Waals surface area contributed by atoms with Gasteiger partial charge < -0.3 is 9.30 Å². The third-order valence-corrected chi connectivity index (χ3v) is 6.64. The minimum absolute atomic E-state index is 0.0439. The van der Waals surface area contributed by atoms with Crippen LogP contribution in [0.3, 0.4) is 0 Å². The van der Waals surface area contributed by atoms with Crippen LogP contribution < -0.4 is 4.74 Å². The number of aromatic nitrogens is 3. The number of rotatable bonds is 5. The zero-order valence-electron chi connectivity index (χ0n) is 17.2. The topological polar surface area (TPSA) is 43.2 Å². The van der Waals surface area contributed by atoms with Gasteiger partial charge in [-0.2, -0.15) is 0 Å². The van der Waals surface area contributed by atoms with Crippen LogP contribution in [0.15, 0.2) is 61.1 Å². The van der Waals surface area contributed by atoms with E-state index in [4.69, 9.17) is 4.74 Å². The molecule has 5 rings (SSSR count). The second-order valence-electron chi connectivity index (χ2n) is 8.55. The van der Waals surface area contributed by atoms with E-state index in [0.29, 0.717) is 24.3 Å². The maximum absolute atomic E-state index is 14.1. The fourth-order valence-electron chi connectivity index (χ4n) is 5.21. The average molecular weight is 407 g/mol. The molecule has 0 radical (unpaired) electrons. The van der Waals surface area contributed by atoms with Crippen molar-refractivity contribution in [2.75, 3.05) is 13.1 Å². The number of aryl methyl sites for hydroxylation is 1. The largest absolute Gasteiger partial charge is 0.472 e. The molecule has 2 aliphatic rings. The minimum atomic E-state index is -0.115. The number of pyridine rings is 1. The highest BCUT2D eigenvalue weighted by molar-refractivity contribution is 5.18. The van der Waals surface area contributed by atoms with Gasteiger partial charge in [-0.1, -0.05) is 24.3 Å². The fraction of sp³-hybridized carbons (Fsp3) is 0.417. The SMILES string of the molecule is Cc1nccn1[C@H]1C[C@H]2CN(Cc3ccccc3F)C[C@H]2C[C@@H]1Oc1ccccn1. The molecule has 4 atom stereocenters. The summed E-state index contributed by atoms with van der Waals surface area (Å²) in [5.74, 6) is 2.69. The summed E-state index contributed by atoms with van der Waals surface area (Å²) in [6, 6.07) is 13.1. The van der Waals surface area contributed by atoms with Crippen molar-refractivity contribution < 1.29 is 9.13 Å². The second-order valence-corrected chi connectivity index (χ2v) is 8.55. The number of likely N-dealkylation sites (tertiary alicyclic amines) is 1. The van der Waals surface area contributed by atoms with Crippen molar-refractivity contribution in [2.24, 2.45) is 11.8 Å². The van der Waals surface area contributed by atoms with Crippen molar-refractivity contribution >= 4 is 0 Å². The van der Waals surface area contributed by atoms with E-state index in [1.165, 1.54) is 0 Å². The van der Waals surface area contributed by atoms with Crippen LogP contribution in [-0.4, -0.2) is 38.6 Å². The van der Waals surface area contributed by atoms with Gasteiger partial charge in [0, 0.05) is 49.9 Å². The van der Waals surface area contributed by atoms with Crippen LogP contribution in [0.2, 0.25) is 0 Å². The zero-order valence-corrected chi connectivity index (χ0v) is 17.2. The van der Waals surface area contributed by atoms with Crippen molar-refractivity contribution in [3.63, 3.8) is 0 Å². The van der Waals surface area contributed by atoms with Crippen molar-refractivity contribution in [1.29, 1.82) is 0 Å². The molecular formula is C24H27FN4O. The van der Waals surface area contributed by atoms with Crippen LogP contribution in [0.1, 0.15) is 30.3 Å². The minimum Gasteiger partial charge on any atom is -0.472 e. The van der Waals surface area contributed by atoms with Crippen LogP contribution in [-0.2, 0) is 6.54 Å². The Balaban J connectivity index is 1.35. The summed E-state index contributed by atoms with van der Waals surface area (Å²) in [6.45, 7) is 4.69. The summed E-state index contributed by atoms with van der Waals surface area (Å²) in [6.07, 6.45) is 7.73. The summed E-state index contributed by atoms with van der Waals surface area (Å²) in [7, 11) is 0. The Hall–Kier alpha value is -2.73. The number of ether oxygens (including phenoxy) is 1. The number of nitrogens with zero attached hydrogens (tertiary/aromatic N) is 4. The van der Waals surface area contributed by atoms with Crippen LogP contribution in [0.4, 0.5) is 4.39 Å². The molecule has 156 valence electrons. The number of hydrogen-bond donors (Lipinski definition) is 0. The highest BCUT2D eigenvalue weighted by Gasteiger charge is 2.44. The molecule has 1 aliphatic carbocycles. The molecule has 0 amide bonds. The van der Waals surface area contributed by atoms with E-state index in [1.54, 1.807) is 18.3 Å². The average Bonchev–Trinajstić information content (AvgIpc) is 3.35. The maximum Gasteiger partial charge on any atom is 0.213 e. The Morgan fingerprint density at radius 2 is 1.80 bits per heavy atom. The van der Waals surface area contributed by atoms with Gasteiger partial charge in [0.25, 0.3) is 0 Å². The molecule has 6 heteroatoms. The smallest absolute Gasteiger partial charge is 0.213 e. The highest BCUT2D eigenvalue weighted by atomic mass is 19.1. The Morgan fingerprint density at radius 3 is 2.53 bits per heavy atom. The van der Waals surface area contributed by atoms with Crippen molar-refractivity contribution in [1.82, 2.24) is 19.4 Å². The molecule has 1 saturated heterocycles. The highest BCUT2D eigenvalue weighted by Crippen LogP contribution is 2.43. The molecule has 3 heterocycles. The Kier molecular flexibility index (Phi) is 5.25. The summed E-state index contributed by atoms with van der Waals surface area (Å²) >= 11 is 0. The summed E-state index contributed by atoms with van der Waals surface area (Å²) in [5, 5.41) is 0. The van der Waals surface area contributed by atoms with Gasteiger partial charge in [0.2, 0.25) is 5.88 Å². The van der Waals surface area contributed by atoms with E-state index in [0.717, 1.165) is 37.3 Å². The molecule has 0 N–H and O–H groups in total. The molecule has 1 aliphatic heterocycles. The van der Waals surface area contributed by atoms with Gasteiger partial charge in [-0.05, 0) is 43.7 Å². The lowest BCUT2D eigenvalue weighted by Crippen LogP contribution is -2.40. The first kappa shape index (κ1) is 19.2. The Labute approximate surface area is 176 Å². The molecule has 0 spiro atoms. The number of halogens is 1.